The van der Waals surface area contributed by atoms with Crippen LogP contribution in [0.4, 0.5) is 0 Å². The summed E-state index contributed by atoms with van der Waals surface area (Å²) in [6, 6.07) is 0. The molecule has 4 aliphatic heterocycles. The van der Waals surface area contributed by atoms with Crippen molar-refractivity contribution in [3.8, 4) is 0 Å². The number of hydrogen-bond acceptors (Lipinski definition) is 4. The van der Waals surface area contributed by atoms with Crippen molar-refractivity contribution in [1.82, 2.24) is 9.80 Å². The summed E-state index contributed by atoms with van der Waals surface area (Å²) in [6.07, 6.45) is 9.32. The highest BCUT2D eigenvalue weighted by Crippen LogP contribution is 2.36. The standard InChI is InChI=1S/C26H40N4/c1-6-21-17-27-26(25(21)18(2)3)22-10-14-29(15-11-22)16-12-23-19(4)28-24-9-7-8-13-30(24)20(23)5/h6,18,21-22,25H,1,5,7-17H2,2-4H3. The van der Waals surface area contributed by atoms with Gasteiger partial charge < -0.3 is 9.80 Å². The third-order valence-electron chi connectivity index (χ3n) is 7.74. The molecule has 2 atom stereocenters. The average molecular weight is 409 g/mol. The van der Waals surface area contributed by atoms with Gasteiger partial charge in [-0.2, -0.15) is 0 Å². The highest BCUT2D eigenvalue weighted by atomic mass is 15.2. The molecule has 0 N–H and O–H groups in total. The van der Waals surface area contributed by atoms with Gasteiger partial charge in [0.05, 0.1) is 0 Å². The van der Waals surface area contributed by atoms with Crippen molar-refractivity contribution in [2.24, 2.45) is 33.7 Å². The minimum absolute atomic E-state index is 0.547. The molecule has 0 aliphatic carbocycles. The fourth-order valence-corrected chi connectivity index (χ4v) is 6.01. The van der Waals surface area contributed by atoms with E-state index < -0.39 is 0 Å². The Morgan fingerprint density at radius 1 is 1.17 bits per heavy atom. The Morgan fingerprint density at radius 2 is 1.93 bits per heavy atom. The summed E-state index contributed by atoms with van der Waals surface area (Å²) < 4.78 is 0. The first-order chi connectivity index (χ1) is 14.5. The van der Waals surface area contributed by atoms with Crippen LogP contribution in [0.5, 0.6) is 0 Å². The van der Waals surface area contributed by atoms with E-state index in [2.05, 4.69) is 49.8 Å². The lowest BCUT2D eigenvalue weighted by Crippen LogP contribution is -2.40. The van der Waals surface area contributed by atoms with Crippen molar-refractivity contribution in [3.05, 3.63) is 36.2 Å². The second kappa shape index (κ2) is 9.21. The van der Waals surface area contributed by atoms with Gasteiger partial charge in [0.25, 0.3) is 0 Å². The molecule has 164 valence electrons. The number of allylic oxidation sites excluding steroid dienone is 2. The molecule has 4 nitrogen and oxygen atoms in total. The zero-order valence-electron chi connectivity index (χ0n) is 19.4. The first-order valence-corrected chi connectivity index (χ1v) is 12.1. The Morgan fingerprint density at radius 3 is 2.63 bits per heavy atom. The number of hydrogen-bond donors (Lipinski definition) is 0. The molecule has 0 aromatic carbocycles. The van der Waals surface area contributed by atoms with Crippen LogP contribution in [0.2, 0.25) is 0 Å². The molecular formula is C26H40N4. The van der Waals surface area contributed by atoms with Gasteiger partial charge in [-0.25, -0.2) is 4.99 Å². The molecule has 4 rings (SSSR count). The zero-order chi connectivity index (χ0) is 21.3. The Hall–Kier alpha value is -1.68. The van der Waals surface area contributed by atoms with Gasteiger partial charge in [-0.05, 0) is 69.5 Å². The molecule has 4 aliphatic rings. The summed E-state index contributed by atoms with van der Waals surface area (Å²) in [4.78, 5) is 14.9. The lowest BCUT2D eigenvalue weighted by atomic mass is 9.75. The van der Waals surface area contributed by atoms with Crippen LogP contribution in [-0.2, 0) is 0 Å². The maximum Gasteiger partial charge on any atom is 0.109 e. The van der Waals surface area contributed by atoms with E-state index in [-0.39, 0.29) is 0 Å². The summed E-state index contributed by atoms with van der Waals surface area (Å²) in [5.74, 6) is 3.71. The van der Waals surface area contributed by atoms with Crippen molar-refractivity contribution in [3.63, 3.8) is 0 Å². The quantitative estimate of drug-likeness (QED) is 0.558. The Bertz CT molecular complexity index is 764. The molecular weight excluding hydrogens is 368 g/mol. The van der Waals surface area contributed by atoms with Crippen molar-refractivity contribution in [1.29, 1.82) is 0 Å². The molecule has 0 saturated carbocycles. The predicted molar refractivity (Wildman–Crippen MR) is 128 cm³/mol. The van der Waals surface area contributed by atoms with E-state index in [1.165, 1.54) is 67.3 Å². The predicted octanol–water partition coefficient (Wildman–Crippen LogP) is 5.30. The lowest BCUT2D eigenvalue weighted by Gasteiger charge is -2.38. The van der Waals surface area contributed by atoms with E-state index in [1.54, 1.807) is 0 Å². The third-order valence-corrected chi connectivity index (χ3v) is 7.74. The molecule has 0 radical (unpaired) electrons. The van der Waals surface area contributed by atoms with Gasteiger partial charge in [-0.1, -0.05) is 26.5 Å². The number of fused-ring (bicyclic) bond motifs is 1. The fourth-order valence-electron chi connectivity index (χ4n) is 6.01. The summed E-state index contributed by atoms with van der Waals surface area (Å²) in [6.45, 7) is 20.9. The second-order valence-electron chi connectivity index (χ2n) is 9.95. The molecule has 4 heterocycles. The molecule has 2 unspecified atom stereocenters. The maximum absolute atomic E-state index is 5.00. The molecule has 0 aromatic heterocycles. The van der Waals surface area contributed by atoms with E-state index in [4.69, 9.17) is 9.98 Å². The fraction of sp³-hybridized carbons (Fsp3) is 0.692. The molecule has 2 saturated heterocycles. The second-order valence-corrected chi connectivity index (χ2v) is 9.95. The van der Waals surface area contributed by atoms with Gasteiger partial charge in [-0.15, -0.1) is 6.58 Å². The maximum atomic E-state index is 5.00. The molecule has 30 heavy (non-hydrogen) atoms. The smallest absolute Gasteiger partial charge is 0.109 e. The van der Waals surface area contributed by atoms with Crippen LogP contribution in [0.3, 0.4) is 0 Å². The lowest BCUT2D eigenvalue weighted by molar-refractivity contribution is 0.207. The highest BCUT2D eigenvalue weighted by molar-refractivity contribution is 5.91. The summed E-state index contributed by atoms with van der Waals surface area (Å²) >= 11 is 0. The number of rotatable bonds is 6. The van der Waals surface area contributed by atoms with E-state index in [9.17, 15) is 0 Å². The molecule has 0 aromatic rings. The molecule has 0 amide bonds. The van der Waals surface area contributed by atoms with Crippen molar-refractivity contribution in [2.45, 2.75) is 59.3 Å². The van der Waals surface area contributed by atoms with Crippen molar-refractivity contribution < 1.29 is 0 Å². The van der Waals surface area contributed by atoms with E-state index in [1.807, 2.05) is 0 Å². The van der Waals surface area contributed by atoms with Crippen LogP contribution >= 0.6 is 0 Å². The molecule has 4 heteroatoms. The Balaban J connectivity index is 1.32. The van der Waals surface area contributed by atoms with Crippen LogP contribution in [0.15, 0.2) is 46.2 Å². The van der Waals surface area contributed by atoms with Gasteiger partial charge >= 0.3 is 0 Å². The van der Waals surface area contributed by atoms with Gasteiger partial charge in [0.2, 0.25) is 0 Å². The summed E-state index contributed by atoms with van der Waals surface area (Å²) in [7, 11) is 0. The van der Waals surface area contributed by atoms with Crippen molar-refractivity contribution in [2.75, 3.05) is 32.7 Å². The van der Waals surface area contributed by atoms with E-state index in [0.29, 0.717) is 23.7 Å². The minimum Gasteiger partial charge on any atom is -0.330 e. The van der Waals surface area contributed by atoms with Crippen molar-refractivity contribution >= 4 is 11.5 Å². The van der Waals surface area contributed by atoms with Crippen LogP contribution in [0, 0.1) is 23.7 Å². The van der Waals surface area contributed by atoms with E-state index >= 15 is 0 Å². The zero-order valence-corrected chi connectivity index (χ0v) is 19.4. The minimum atomic E-state index is 0.547. The topological polar surface area (TPSA) is 31.2 Å². The first-order valence-electron chi connectivity index (χ1n) is 12.1. The van der Waals surface area contributed by atoms with Crippen LogP contribution in [0.25, 0.3) is 0 Å². The number of amidine groups is 1. The number of likely N-dealkylation sites (tertiary alicyclic amines) is 1. The normalized spacial score (nSPS) is 28.7. The van der Waals surface area contributed by atoms with E-state index in [0.717, 1.165) is 32.5 Å². The number of aliphatic imine (C=N–C) groups is 2. The third kappa shape index (κ3) is 4.21. The van der Waals surface area contributed by atoms with Gasteiger partial charge in [0, 0.05) is 55.0 Å². The number of nitrogens with zero attached hydrogens (tertiary/aromatic N) is 4. The van der Waals surface area contributed by atoms with Gasteiger partial charge in [0.15, 0.2) is 0 Å². The Labute approximate surface area is 183 Å². The monoisotopic (exact) mass is 408 g/mol. The van der Waals surface area contributed by atoms with Crippen LogP contribution in [-0.4, -0.2) is 54.1 Å². The summed E-state index contributed by atoms with van der Waals surface area (Å²) in [5, 5.41) is 0. The Kier molecular flexibility index (Phi) is 6.62. The van der Waals surface area contributed by atoms with Crippen LogP contribution in [0.1, 0.15) is 59.3 Å². The molecule has 2 fully saturated rings. The SMILES string of the molecule is C=CC1CN=C(C2CCN(CCC3=C(C)N=C4CCCCN4C3=C)CC2)C1C(C)C. The highest BCUT2D eigenvalue weighted by Gasteiger charge is 2.37. The first kappa shape index (κ1) is 21.5. The summed E-state index contributed by atoms with van der Waals surface area (Å²) in [5.41, 5.74) is 5.28. The van der Waals surface area contributed by atoms with Gasteiger partial charge in [-0.3, -0.25) is 4.99 Å². The largest absolute Gasteiger partial charge is 0.330 e. The average Bonchev–Trinajstić information content (AvgIpc) is 3.18. The van der Waals surface area contributed by atoms with Gasteiger partial charge in [0.1, 0.15) is 5.84 Å². The molecule has 0 bridgehead atoms. The van der Waals surface area contributed by atoms with Crippen LogP contribution < -0.4 is 0 Å². The molecule has 0 spiro atoms. The number of piperidine rings is 2.